The highest BCUT2D eigenvalue weighted by atomic mass is 32.2. The van der Waals surface area contributed by atoms with E-state index in [-0.39, 0.29) is 5.91 Å². The van der Waals surface area contributed by atoms with E-state index in [2.05, 4.69) is 12.2 Å². The molecule has 2 aromatic rings. The van der Waals surface area contributed by atoms with E-state index in [9.17, 15) is 4.79 Å². The molecule has 0 aliphatic rings. The maximum absolute atomic E-state index is 11.9. The number of thioether (sulfide) groups is 1. The molecule has 0 unspecified atom stereocenters. The van der Waals surface area contributed by atoms with E-state index in [0.29, 0.717) is 6.42 Å². The van der Waals surface area contributed by atoms with Crippen molar-refractivity contribution in [2.24, 2.45) is 0 Å². The van der Waals surface area contributed by atoms with Crippen LogP contribution < -0.4 is 14.8 Å². The summed E-state index contributed by atoms with van der Waals surface area (Å²) in [5, 5.41) is 2.90. The molecule has 0 radical (unpaired) electrons. The lowest BCUT2D eigenvalue weighted by atomic mass is 10.1. The number of ether oxygens (including phenoxy) is 2. The topological polar surface area (TPSA) is 47.6 Å². The SMILES string of the molecule is COc1cc(C)c(CSCCC(=O)Nc2ccccc2)cc1OC. The van der Waals surface area contributed by atoms with Crippen molar-refractivity contribution in [3.63, 3.8) is 0 Å². The number of aryl methyl sites for hydroxylation is 1. The largest absolute Gasteiger partial charge is 0.493 e. The first-order chi connectivity index (χ1) is 11.6. The molecule has 24 heavy (non-hydrogen) atoms. The molecule has 1 amide bonds. The molecule has 2 rings (SSSR count). The van der Waals surface area contributed by atoms with Crippen molar-refractivity contribution in [3.8, 4) is 11.5 Å². The van der Waals surface area contributed by atoms with Gasteiger partial charge in [-0.2, -0.15) is 11.8 Å². The Morgan fingerprint density at radius 3 is 2.42 bits per heavy atom. The molecule has 4 nitrogen and oxygen atoms in total. The van der Waals surface area contributed by atoms with Crippen LogP contribution in [-0.2, 0) is 10.5 Å². The quantitative estimate of drug-likeness (QED) is 0.726. The van der Waals surface area contributed by atoms with Crippen LogP contribution in [0.4, 0.5) is 5.69 Å². The lowest BCUT2D eigenvalue weighted by Crippen LogP contribution is -2.12. The van der Waals surface area contributed by atoms with Crippen molar-refractivity contribution in [1.82, 2.24) is 0 Å². The number of anilines is 1. The summed E-state index contributed by atoms with van der Waals surface area (Å²) >= 11 is 1.73. The summed E-state index contributed by atoms with van der Waals surface area (Å²) in [5.41, 5.74) is 3.19. The molecular formula is C19H23NO3S. The van der Waals surface area contributed by atoms with E-state index in [1.54, 1.807) is 26.0 Å². The molecule has 0 aliphatic carbocycles. The number of rotatable bonds is 8. The summed E-state index contributed by atoms with van der Waals surface area (Å²) in [7, 11) is 3.27. The fourth-order valence-electron chi connectivity index (χ4n) is 2.27. The molecule has 0 aromatic heterocycles. The maximum Gasteiger partial charge on any atom is 0.225 e. The highest BCUT2D eigenvalue weighted by Gasteiger charge is 2.09. The third-order valence-electron chi connectivity index (χ3n) is 3.63. The monoisotopic (exact) mass is 345 g/mol. The predicted octanol–water partition coefficient (Wildman–Crippen LogP) is 4.27. The van der Waals surface area contributed by atoms with E-state index in [1.165, 1.54) is 5.56 Å². The third-order valence-corrected chi connectivity index (χ3v) is 4.64. The van der Waals surface area contributed by atoms with Crippen LogP contribution in [0.15, 0.2) is 42.5 Å². The van der Waals surface area contributed by atoms with Gasteiger partial charge in [0, 0.05) is 23.6 Å². The molecule has 1 N–H and O–H groups in total. The third kappa shape index (κ3) is 5.20. The molecule has 0 spiro atoms. The molecule has 0 saturated heterocycles. The standard InChI is InChI=1S/C19H23NO3S/c1-14-11-17(22-2)18(23-3)12-15(14)13-24-10-9-19(21)20-16-7-5-4-6-8-16/h4-8,11-12H,9-10,13H2,1-3H3,(H,20,21). The second kappa shape index (κ2) is 9.23. The first kappa shape index (κ1) is 18.2. The Hall–Kier alpha value is -2.14. The number of nitrogens with one attached hydrogen (secondary N) is 1. The minimum atomic E-state index is 0.0396. The number of hydrogen-bond donors (Lipinski definition) is 1. The summed E-state index contributed by atoms with van der Waals surface area (Å²) in [6, 6.07) is 13.5. The summed E-state index contributed by atoms with van der Waals surface area (Å²) < 4.78 is 10.6. The molecule has 0 saturated carbocycles. The number of para-hydroxylation sites is 1. The zero-order chi connectivity index (χ0) is 17.4. The number of carbonyl (C=O) groups excluding carboxylic acids is 1. The van der Waals surface area contributed by atoms with Crippen LogP contribution in [0.3, 0.4) is 0 Å². The van der Waals surface area contributed by atoms with Gasteiger partial charge >= 0.3 is 0 Å². The second-order valence-corrected chi connectivity index (χ2v) is 6.46. The summed E-state index contributed by atoms with van der Waals surface area (Å²) in [5.74, 6) is 3.13. The maximum atomic E-state index is 11.9. The number of amides is 1. The van der Waals surface area contributed by atoms with Gasteiger partial charge in [-0.15, -0.1) is 0 Å². The molecule has 0 heterocycles. The van der Waals surface area contributed by atoms with E-state index in [1.807, 2.05) is 42.5 Å². The Balaban J connectivity index is 1.81. The van der Waals surface area contributed by atoms with Crippen molar-refractivity contribution >= 4 is 23.4 Å². The molecule has 128 valence electrons. The lowest BCUT2D eigenvalue weighted by Gasteiger charge is -2.12. The van der Waals surface area contributed by atoms with Crippen LogP contribution in [0.5, 0.6) is 11.5 Å². The van der Waals surface area contributed by atoms with Crippen molar-refractivity contribution in [1.29, 1.82) is 0 Å². The smallest absolute Gasteiger partial charge is 0.225 e. The molecule has 0 fully saturated rings. The average molecular weight is 345 g/mol. The minimum absolute atomic E-state index is 0.0396. The highest BCUT2D eigenvalue weighted by molar-refractivity contribution is 7.98. The van der Waals surface area contributed by atoms with Gasteiger partial charge in [0.05, 0.1) is 14.2 Å². The molecule has 0 atom stereocenters. The van der Waals surface area contributed by atoms with Crippen LogP contribution in [0, 0.1) is 6.92 Å². The summed E-state index contributed by atoms with van der Waals surface area (Å²) in [6.07, 6.45) is 0.492. The Morgan fingerprint density at radius 2 is 1.75 bits per heavy atom. The average Bonchev–Trinajstić information content (AvgIpc) is 2.60. The highest BCUT2D eigenvalue weighted by Crippen LogP contribution is 2.31. The van der Waals surface area contributed by atoms with Gasteiger partial charge < -0.3 is 14.8 Å². The Labute approximate surface area is 147 Å². The van der Waals surface area contributed by atoms with Crippen molar-refractivity contribution in [3.05, 3.63) is 53.6 Å². The fraction of sp³-hybridized carbons (Fsp3) is 0.316. The van der Waals surface area contributed by atoms with Gasteiger partial charge in [-0.05, 0) is 42.3 Å². The van der Waals surface area contributed by atoms with E-state index < -0.39 is 0 Å². The second-order valence-electron chi connectivity index (χ2n) is 5.35. The van der Waals surface area contributed by atoms with Crippen LogP contribution in [0.1, 0.15) is 17.5 Å². The molecule has 2 aromatic carbocycles. The summed E-state index contributed by atoms with van der Waals surface area (Å²) in [4.78, 5) is 11.9. The summed E-state index contributed by atoms with van der Waals surface area (Å²) in [6.45, 7) is 2.06. The number of methoxy groups -OCH3 is 2. The van der Waals surface area contributed by atoms with E-state index in [4.69, 9.17) is 9.47 Å². The minimum Gasteiger partial charge on any atom is -0.493 e. The van der Waals surface area contributed by atoms with Gasteiger partial charge in [0.15, 0.2) is 11.5 Å². The first-order valence-electron chi connectivity index (χ1n) is 7.78. The van der Waals surface area contributed by atoms with E-state index in [0.717, 1.165) is 34.3 Å². The Bertz CT molecular complexity index is 674. The van der Waals surface area contributed by atoms with Gasteiger partial charge in [-0.3, -0.25) is 4.79 Å². The van der Waals surface area contributed by atoms with Crippen LogP contribution in [-0.4, -0.2) is 25.9 Å². The van der Waals surface area contributed by atoms with Crippen molar-refractivity contribution in [2.45, 2.75) is 19.1 Å². The number of benzene rings is 2. The van der Waals surface area contributed by atoms with Gasteiger partial charge in [0.1, 0.15) is 0 Å². The Morgan fingerprint density at radius 1 is 1.08 bits per heavy atom. The van der Waals surface area contributed by atoms with Crippen molar-refractivity contribution in [2.75, 3.05) is 25.3 Å². The number of carbonyl (C=O) groups is 1. The molecule has 5 heteroatoms. The normalized spacial score (nSPS) is 10.3. The number of hydrogen-bond acceptors (Lipinski definition) is 4. The zero-order valence-electron chi connectivity index (χ0n) is 14.3. The van der Waals surface area contributed by atoms with Crippen molar-refractivity contribution < 1.29 is 14.3 Å². The van der Waals surface area contributed by atoms with Gasteiger partial charge in [-0.1, -0.05) is 18.2 Å². The molecular weight excluding hydrogens is 322 g/mol. The first-order valence-corrected chi connectivity index (χ1v) is 8.93. The van der Waals surface area contributed by atoms with Crippen LogP contribution >= 0.6 is 11.8 Å². The van der Waals surface area contributed by atoms with E-state index >= 15 is 0 Å². The zero-order valence-corrected chi connectivity index (χ0v) is 15.1. The Kier molecular flexibility index (Phi) is 7.00. The van der Waals surface area contributed by atoms with Gasteiger partial charge in [0.2, 0.25) is 5.91 Å². The lowest BCUT2D eigenvalue weighted by molar-refractivity contribution is -0.115. The molecule has 0 bridgehead atoms. The fourth-order valence-corrected chi connectivity index (χ4v) is 3.28. The van der Waals surface area contributed by atoms with Gasteiger partial charge in [-0.25, -0.2) is 0 Å². The van der Waals surface area contributed by atoms with Crippen LogP contribution in [0.2, 0.25) is 0 Å². The molecule has 0 aliphatic heterocycles. The van der Waals surface area contributed by atoms with Crippen LogP contribution in [0.25, 0.3) is 0 Å². The van der Waals surface area contributed by atoms with Gasteiger partial charge in [0.25, 0.3) is 0 Å². The predicted molar refractivity (Wildman–Crippen MR) is 100 cm³/mol.